The summed E-state index contributed by atoms with van der Waals surface area (Å²) in [6, 6.07) is 17.0. The summed E-state index contributed by atoms with van der Waals surface area (Å²) in [4.78, 5) is 18.6. The minimum Gasteiger partial charge on any atom is -0.493 e. The fraction of sp³-hybridized carbons (Fsp3) is 0.355. The van der Waals surface area contributed by atoms with Gasteiger partial charge in [-0.3, -0.25) is 0 Å². The topological polar surface area (TPSA) is 122 Å². The molecule has 10 nitrogen and oxygen atoms in total. The van der Waals surface area contributed by atoms with Crippen LogP contribution < -0.4 is 18.9 Å². The smallest absolute Gasteiger partial charge is 0.345 e. The standard InChI is InChI=1S/C31H36N2O8S/c1-20-12-13-21(2)26(16-20)42(35,36)33-27(15-14-22-10-8-7-9-11-22)31(19-37-3)30(34)41-29(32-31)23-17-24(38-4)28(40-6)25(18-23)39-5/h7-13,16-18,27,33H,14-15,19H2,1-6H3. The number of hydrogen-bond donors (Lipinski definition) is 1. The molecule has 3 aromatic carbocycles. The second-order valence-electron chi connectivity index (χ2n) is 10.0. The van der Waals surface area contributed by atoms with Gasteiger partial charge in [0.2, 0.25) is 27.2 Å². The second-order valence-corrected chi connectivity index (χ2v) is 11.7. The molecule has 0 aromatic heterocycles. The van der Waals surface area contributed by atoms with Crippen molar-refractivity contribution in [3.8, 4) is 17.2 Å². The number of aryl methyl sites for hydroxylation is 3. The van der Waals surface area contributed by atoms with Crippen molar-refractivity contribution in [2.24, 2.45) is 4.99 Å². The predicted molar refractivity (Wildman–Crippen MR) is 158 cm³/mol. The van der Waals surface area contributed by atoms with Crippen LogP contribution in [-0.2, 0) is 30.7 Å². The Hall–Kier alpha value is -3.93. The lowest BCUT2D eigenvalue weighted by molar-refractivity contribution is -0.142. The molecule has 0 spiro atoms. The number of methoxy groups -OCH3 is 4. The van der Waals surface area contributed by atoms with Gasteiger partial charge in [-0.15, -0.1) is 0 Å². The quantitative estimate of drug-likeness (QED) is 0.294. The number of esters is 1. The van der Waals surface area contributed by atoms with Crippen LogP contribution in [0.4, 0.5) is 0 Å². The minimum atomic E-state index is -4.09. The third-order valence-electron chi connectivity index (χ3n) is 7.19. The van der Waals surface area contributed by atoms with Gasteiger partial charge in [-0.1, -0.05) is 42.5 Å². The Balaban J connectivity index is 1.83. The Morgan fingerprint density at radius 3 is 2.19 bits per heavy atom. The van der Waals surface area contributed by atoms with Gasteiger partial charge in [-0.05, 0) is 61.6 Å². The normalized spacial score (nSPS) is 17.4. The predicted octanol–water partition coefficient (Wildman–Crippen LogP) is 4.00. The molecule has 2 atom stereocenters. The Kier molecular flexibility index (Phi) is 9.55. The highest BCUT2D eigenvalue weighted by atomic mass is 32.2. The van der Waals surface area contributed by atoms with E-state index < -0.39 is 27.6 Å². The first-order chi connectivity index (χ1) is 20.1. The number of hydrogen-bond acceptors (Lipinski definition) is 9. The number of rotatable bonds is 13. The van der Waals surface area contributed by atoms with E-state index in [9.17, 15) is 13.2 Å². The zero-order valence-electron chi connectivity index (χ0n) is 24.6. The summed E-state index contributed by atoms with van der Waals surface area (Å²) < 4.78 is 58.0. The fourth-order valence-corrected chi connectivity index (χ4v) is 6.63. The zero-order chi connectivity index (χ0) is 30.5. The van der Waals surface area contributed by atoms with E-state index in [0.717, 1.165) is 11.1 Å². The van der Waals surface area contributed by atoms with E-state index in [1.807, 2.05) is 43.3 Å². The summed E-state index contributed by atoms with van der Waals surface area (Å²) in [6.07, 6.45) is 0.702. The van der Waals surface area contributed by atoms with Crippen LogP contribution in [0.5, 0.6) is 17.2 Å². The van der Waals surface area contributed by atoms with Crippen LogP contribution >= 0.6 is 0 Å². The van der Waals surface area contributed by atoms with Gasteiger partial charge < -0.3 is 23.7 Å². The number of carbonyl (C=O) groups is 1. The van der Waals surface area contributed by atoms with Gasteiger partial charge >= 0.3 is 5.97 Å². The maximum atomic E-state index is 13.8. The molecule has 0 bridgehead atoms. The van der Waals surface area contributed by atoms with Gasteiger partial charge in [0.25, 0.3) is 0 Å². The molecule has 1 heterocycles. The Morgan fingerprint density at radius 2 is 1.60 bits per heavy atom. The van der Waals surface area contributed by atoms with Crippen molar-refractivity contribution in [3.63, 3.8) is 0 Å². The van der Waals surface area contributed by atoms with E-state index in [1.54, 1.807) is 31.2 Å². The van der Waals surface area contributed by atoms with Crippen molar-refractivity contribution in [2.75, 3.05) is 35.0 Å². The van der Waals surface area contributed by atoms with Crippen LogP contribution in [0.15, 0.2) is 70.6 Å². The molecular weight excluding hydrogens is 560 g/mol. The van der Waals surface area contributed by atoms with Gasteiger partial charge in [0.05, 0.1) is 38.9 Å². The van der Waals surface area contributed by atoms with E-state index in [-0.39, 0.29) is 23.8 Å². The molecular formula is C31H36N2O8S. The first-order valence-corrected chi connectivity index (χ1v) is 14.8. The molecule has 1 N–H and O–H groups in total. The lowest BCUT2D eigenvalue weighted by Gasteiger charge is -2.31. The summed E-state index contributed by atoms with van der Waals surface area (Å²) >= 11 is 0. The number of carbonyl (C=O) groups excluding carboxylic acids is 1. The number of ether oxygens (including phenoxy) is 5. The van der Waals surface area contributed by atoms with E-state index in [1.165, 1.54) is 28.4 Å². The van der Waals surface area contributed by atoms with Gasteiger partial charge in [-0.2, -0.15) is 0 Å². The van der Waals surface area contributed by atoms with Crippen molar-refractivity contribution in [1.29, 1.82) is 0 Å². The van der Waals surface area contributed by atoms with Crippen LogP contribution in [0.25, 0.3) is 0 Å². The number of aliphatic imine (C=N–C) groups is 1. The van der Waals surface area contributed by atoms with E-state index in [2.05, 4.69) is 4.72 Å². The lowest BCUT2D eigenvalue weighted by Crippen LogP contribution is -2.57. The zero-order valence-corrected chi connectivity index (χ0v) is 25.4. The first kappa shape index (κ1) is 31.0. The highest BCUT2D eigenvalue weighted by molar-refractivity contribution is 7.89. The van der Waals surface area contributed by atoms with E-state index >= 15 is 0 Å². The van der Waals surface area contributed by atoms with Gasteiger partial charge in [0, 0.05) is 12.7 Å². The SMILES string of the molecule is COCC1(C(CCc2ccccc2)NS(=O)(=O)c2cc(C)ccc2C)N=C(c2cc(OC)c(OC)c(OC)c2)OC1=O. The number of sulfonamides is 1. The molecule has 0 fully saturated rings. The average Bonchev–Trinajstić information content (AvgIpc) is 3.32. The van der Waals surface area contributed by atoms with Gasteiger partial charge in [-0.25, -0.2) is 22.9 Å². The molecule has 224 valence electrons. The van der Waals surface area contributed by atoms with Crippen molar-refractivity contribution in [2.45, 2.75) is 43.2 Å². The molecule has 3 aromatic rings. The Bertz CT molecular complexity index is 1550. The Labute approximate surface area is 246 Å². The third kappa shape index (κ3) is 6.28. The van der Waals surface area contributed by atoms with Crippen molar-refractivity contribution in [1.82, 2.24) is 4.72 Å². The largest absolute Gasteiger partial charge is 0.493 e. The lowest BCUT2D eigenvalue weighted by atomic mass is 9.88. The summed E-state index contributed by atoms with van der Waals surface area (Å²) in [7, 11) is 1.77. The molecule has 42 heavy (non-hydrogen) atoms. The summed E-state index contributed by atoms with van der Waals surface area (Å²) in [5.41, 5.74) is 1.00. The van der Waals surface area contributed by atoms with Crippen LogP contribution in [-0.4, -0.2) is 66.9 Å². The average molecular weight is 597 g/mol. The van der Waals surface area contributed by atoms with Gasteiger partial charge in [0.15, 0.2) is 11.5 Å². The maximum absolute atomic E-state index is 13.8. The highest BCUT2D eigenvalue weighted by Gasteiger charge is 2.54. The number of cyclic esters (lactones) is 1. The van der Waals surface area contributed by atoms with Crippen LogP contribution in [0.3, 0.4) is 0 Å². The van der Waals surface area contributed by atoms with Crippen LogP contribution in [0.1, 0.15) is 28.7 Å². The number of nitrogens with zero attached hydrogens (tertiary/aromatic N) is 1. The van der Waals surface area contributed by atoms with Crippen molar-refractivity contribution >= 4 is 21.9 Å². The molecule has 2 unspecified atom stereocenters. The molecule has 0 aliphatic carbocycles. The van der Waals surface area contributed by atoms with Gasteiger partial charge in [0.1, 0.15) is 0 Å². The van der Waals surface area contributed by atoms with Crippen molar-refractivity contribution < 1.29 is 36.9 Å². The summed E-state index contributed by atoms with van der Waals surface area (Å²) in [5, 5.41) is 0. The van der Waals surface area contributed by atoms with Crippen LogP contribution in [0.2, 0.25) is 0 Å². The molecule has 0 amide bonds. The summed E-state index contributed by atoms with van der Waals surface area (Å²) in [5.74, 6) is 0.276. The maximum Gasteiger partial charge on any atom is 0.345 e. The fourth-order valence-electron chi connectivity index (χ4n) is 4.98. The third-order valence-corrected chi connectivity index (χ3v) is 8.81. The minimum absolute atomic E-state index is 0.0213. The monoisotopic (exact) mass is 596 g/mol. The first-order valence-electron chi connectivity index (χ1n) is 13.3. The van der Waals surface area contributed by atoms with Crippen LogP contribution in [0, 0.1) is 13.8 Å². The van der Waals surface area contributed by atoms with Crippen molar-refractivity contribution in [3.05, 3.63) is 82.9 Å². The number of benzene rings is 3. The Morgan fingerprint density at radius 1 is 0.929 bits per heavy atom. The molecule has 0 saturated carbocycles. The molecule has 1 aliphatic rings. The highest BCUT2D eigenvalue weighted by Crippen LogP contribution is 2.40. The molecule has 4 rings (SSSR count). The second kappa shape index (κ2) is 12.9. The molecule has 0 saturated heterocycles. The van der Waals surface area contributed by atoms with E-state index in [0.29, 0.717) is 34.8 Å². The molecule has 11 heteroatoms. The number of nitrogens with one attached hydrogen (secondary N) is 1. The molecule has 0 radical (unpaired) electrons. The summed E-state index contributed by atoms with van der Waals surface area (Å²) in [6.45, 7) is 3.32. The molecule has 1 aliphatic heterocycles. The van der Waals surface area contributed by atoms with E-state index in [4.69, 9.17) is 28.7 Å².